The maximum absolute atomic E-state index is 12.3. The lowest BCUT2D eigenvalue weighted by molar-refractivity contribution is -0.126. The van der Waals surface area contributed by atoms with Crippen LogP contribution in [0.1, 0.15) is 36.0 Å². The van der Waals surface area contributed by atoms with Gasteiger partial charge in [0, 0.05) is 24.3 Å². The predicted molar refractivity (Wildman–Crippen MR) is 92.0 cm³/mol. The van der Waals surface area contributed by atoms with E-state index < -0.39 is 0 Å². The van der Waals surface area contributed by atoms with E-state index in [1.807, 2.05) is 24.3 Å². The summed E-state index contributed by atoms with van der Waals surface area (Å²) < 4.78 is 5.68. The molecule has 0 aliphatic carbocycles. The van der Waals surface area contributed by atoms with Crippen molar-refractivity contribution in [1.82, 2.24) is 10.3 Å². The molecule has 1 aromatic carbocycles. The van der Waals surface area contributed by atoms with Crippen molar-refractivity contribution in [3.05, 3.63) is 45.9 Å². The SMILES string of the molecule is CC(C)c1nc(CCNC(=O)[C@@H]2COc3ccccc3C2)cs1. The monoisotopic (exact) mass is 330 g/mol. The molecular weight excluding hydrogens is 308 g/mol. The Morgan fingerprint density at radius 3 is 3.04 bits per heavy atom. The lowest BCUT2D eigenvalue weighted by atomic mass is 9.96. The summed E-state index contributed by atoms with van der Waals surface area (Å²) in [7, 11) is 0. The van der Waals surface area contributed by atoms with E-state index in [9.17, 15) is 4.79 Å². The van der Waals surface area contributed by atoms with Crippen molar-refractivity contribution in [2.24, 2.45) is 5.92 Å². The average Bonchev–Trinajstić information content (AvgIpc) is 3.03. The van der Waals surface area contributed by atoms with Gasteiger partial charge in [-0.25, -0.2) is 4.98 Å². The second kappa shape index (κ2) is 7.13. The average molecular weight is 330 g/mol. The van der Waals surface area contributed by atoms with Gasteiger partial charge in [0.1, 0.15) is 12.4 Å². The largest absolute Gasteiger partial charge is 0.492 e. The lowest BCUT2D eigenvalue weighted by Gasteiger charge is -2.24. The normalized spacial score (nSPS) is 16.7. The number of hydrogen-bond donors (Lipinski definition) is 1. The first-order valence-corrected chi connectivity index (χ1v) is 8.94. The van der Waals surface area contributed by atoms with Gasteiger partial charge in [0.25, 0.3) is 0 Å². The van der Waals surface area contributed by atoms with Gasteiger partial charge < -0.3 is 10.1 Å². The Labute approximate surface area is 140 Å². The summed E-state index contributed by atoms with van der Waals surface area (Å²) in [6.45, 7) is 5.37. The molecule has 0 spiro atoms. The minimum absolute atomic E-state index is 0.0683. The predicted octanol–water partition coefficient (Wildman–Crippen LogP) is 3.18. The van der Waals surface area contributed by atoms with Gasteiger partial charge in [-0.2, -0.15) is 0 Å². The van der Waals surface area contributed by atoms with Crippen LogP contribution in [0.4, 0.5) is 0 Å². The van der Waals surface area contributed by atoms with E-state index in [4.69, 9.17) is 4.74 Å². The fourth-order valence-corrected chi connectivity index (χ4v) is 3.53. The Balaban J connectivity index is 1.48. The highest BCUT2D eigenvalue weighted by molar-refractivity contribution is 7.09. The molecular formula is C18H22N2O2S. The fourth-order valence-electron chi connectivity index (χ4n) is 2.66. The molecule has 0 bridgehead atoms. The van der Waals surface area contributed by atoms with Gasteiger partial charge in [0.15, 0.2) is 0 Å². The van der Waals surface area contributed by atoms with Gasteiger partial charge in [-0.1, -0.05) is 32.0 Å². The van der Waals surface area contributed by atoms with Gasteiger partial charge in [-0.05, 0) is 18.1 Å². The maximum Gasteiger partial charge on any atom is 0.226 e. The smallest absolute Gasteiger partial charge is 0.226 e. The molecule has 5 heteroatoms. The van der Waals surface area contributed by atoms with Crippen LogP contribution in [0.25, 0.3) is 0 Å². The molecule has 23 heavy (non-hydrogen) atoms. The third-order valence-electron chi connectivity index (χ3n) is 3.99. The number of carbonyl (C=O) groups is 1. The number of benzene rings is 1. The highest BCUT2D eigenvalue weighted by Gasteiger charge is 2.25. The van der Waals surface area contributed by atoms with E-state index >= 15 is 0 Å². The van der Waals surface area contributed by atoms with E-state index in [1.165, 1.54) is 0 Å². The van der Waals surface area contributed by atoms with Crippen LogP contribution in [0.3, 0.4) is 0 Å². The zero-order valence-electron chi connectivity index (χ0n) is 13.5. The quantitative estimate of drug-likeness (QED) is 0.916. The molecule has 1 aliphatic rings. The first-order chi connectivity index (χ1) is 11.1. The molecule has 1 atom stereocenters. The molecule has 2 aromatic rings. The molecule has 122 valence electrons. The number of hydrogen-bond acceptors (Lipinski definition) is 4. The van der Waals surface area contributed by atoms with Crippen LogP contribution in [0.2, 0.25) is 0 Å². The molecule has 1 N–H and O–H groups in total. The first-order valence-electron chi connectivity index (χ1n) is 8.06. The molecule has 0 saturated heterocycles. The summed E-state index contributed by atoms with van der Waals surface area (Å²) in [5.74, 6) is 1.33. The Morgan fingerprint density at radius 1 is 1.43 bits per heavy atom. The summed E-state index contributed by atoms with van der Waals surface area (Å²) in [4.78, 5) is 16.9. The van der Waals surface area contributed by atoms with Crippen LogP contribution in [0.15, 0.2) is 29.6 Å². The van der Waals surface area contributed by atoms with Gasteiger partial charge in [-0.3, -0.25) is 4.79 Å². The molecule has 0 saturated carbocycles. The number of ether oxygens (including phenoxy) is 1. The second-order valence-corrected chi connectivity index (χ2v) is 7.08. The Kier molecular flexibility index (Phi) is 4.96. The molecule has 0 fully saturated rings. The molecule has 3 rings (SSSR count). The molecule has 0 unspecified atom stereocenters. The van der Waals surface area contributed by atoms with E-state index in [-0.39, 0.29) is 11.8 Å². The van der Waals surface area contributed by atoms with Gasteiger partial charge in [-0.15, -0.1) is 11.3 Å². The topological polar surface area (TPSA) is 51.2 Å². The van der Waals surface area contributed by atoms with Gasteiger partial charge in [0.05, 0.1) is 16.6 Å². The number of fused-ring (bicyclic) bond motifs is 1. The summed E-state index contributed by atoms with van der Waals surface area (Å²) in [6, 6.07) is 7.92. The fraction of sp³-hybridized carbons (Fsp3) is 0.444. The third kappa shape index (κ3) is 3.91. The number of aromatic nitrogens is 1. The molecule has 4 nitrogen and oxygen atoms in total. The number of amides is 1. The van der Waals surface area contributed by atoms with Crippen molar-refractivity contribution < 1.29 is 9.53 Å². The first kappa shape index (κ1) is 16.0. The van der Waals surface area contributed by atoms with Crippen molar-refractivity contribution in [2.75, 3.05) is 13.2 Å². The van der Waals surface area contributed by atoms with Crippen molar-refractivity contribution in [3.8, 4) is 5.75 Å². The van der Waals surface area contributed by atoms with Crippen LogP contribution in [-0.2, 0) is 17.6 Å². The summed E-state index contributed by atoms with van der Waals surface area (Å²) in [5, 5.41) is 6.26. The second-order valence-electron chi connectivity index (χ2n) is 6.19. The summed E-state index contributed by atoms with van der Waals surface area (Å²) in [6.07, 6.45) is 1.52. The van der Waals surface area contributed by atoms with E-state index in [2.05, 4.69) is 29.5 Å². The van der Waals surface area contributed by atoms with Crippen LogP contribution in [0.5, 0.6) is 5.75 Å². The minimum atomic E-state index is -0.105. The summed E-state index contributed by atoms with van der Waals surface area (Å²) in [5.41, 5.74) is 2.17. The van der Waals surface area contributed by atoms with Crippen LogP contribution in [-0.4, -0.2) is 24.0 Å². The Morgan fingerprint density at radius 2 is 2.26 bits per heavy atom. The highest BCUT2D eigenvalue weighted by atomic mass is 32.1. The lowest BCUT2D eigenvalue weighted by Crippen LogP contribution is -2.38. The minimum Gasteiger partial charge on any atom is -0.492 e. The van der Waals surface area contributed by atoms with Crippen molar-refractivity contribution in [3.63, 3.8) is 0 Å². The van der Waals surface area contributed by atoms with Gasteiger partial charge in [0.2, 0.25) is 5.91 Å². The number of nitrogens with one attached hydrogen (secondary N) is 1. The molecule has 1 amide bonds. The molecule has 1 aliphatic heterocycles. The van der Waals surface area contributed by atoms with Gasteiger partial charge >= 0.3 is 0 Å². The van der Waals surface area contributed by atoms with Crippen molar-refractivity contribution >= 4 is 17.2 Å². The number of nitrogens with zero attached hydrogens (tertiary/aromatic N) is 1. The van der Waals surface area contributed by atoms with Crippen LogP contribution >= 0.6 is 11.3 Å². The standard InChI is InChI=1S/C18H22N2O2S/c1-12(2)18-20-15(11-23-18)7-8-19-17(21)14-9-13-5-3-4-6-16(13)22-10-14/h3-6,11-12,14H,7-10H2,1-2H3,(H,19,21)/t14-/m0/s1. The number of para-hydroxylation sites is 1. The highest BCUT2D eigenvalue weighted by Crippen LogP contribution is 2.26. The molecule has 0 radical (unpaired) electrons. The van der Waals surface area contributed by atoms with Crippen LogP contribution < -0.4 is 10.1 Å². The van der Waals surface area contributed by atoms with E-state index in [0.717, 1.165) is 34.9 Å². The van der Waals surface area contributed by atoms with Crippen LogP contribution in [0, 0.1) is 5.92 Å². The Bertz CT molecular complexity index is 681. The summed E-state index contributed by atoms with van der Waals surface area (Å²) >= 11 is 1.69. The molecule has 1 aromatic heterocycles. The van der Waals surface area contributed by atoms with Crippen molar-refractivity contribution in [2.45, 2.75) is 32.6 Å². The number of carbonyl (C=O) groups excluding carboxylic acids is 1. The van der Waals surface area contributed by atoms with E-state index in [0.29, 0.717) is 19.1 Å². The zero-order chi connectivity index (χ0) is 16.2. The van der Waals surface area contributed by atoms with E-state index in [1.54, 1.807) is 11.3 Å². The number of rotatable bonds is 5. The Hall–Kier alpha value is -1.88. The number of thiazole rings is 1. The van der Waals surface area contributed by atoms with Crippen molar-refractivity contribution in [1.29, 1.82) is 0 Å². The third-order valence-corrected chi connectivity index (χ3v) is 5.19. The molecule has 2 heterocycles. The zero-order valence-corrected chi connectivity index (χ0v) is 14.4. The maximum atomic E-state index is 12.3.